The van der Waals surface area contributed by atoms with Gasteiger partial charge in [-0.2, -0.15) is 0 Å². The first kappa shape index (κ1) is 12.0. The maximum absolute atomic E-state index is 5.68. The molecule has 3 heteroatoms. The van der Waals surface area contributed by atoms with Gasteiger partial charge in [-0.25, -0.2) is 0 Å². The average Bonchev–Trinajstić information content (AvgIpc) is 2.20. The Kier molecular flexibility index (Phi) is 5.45. The molecule has 1 aliphatic heterocycles. The zero-order valence-electron chi connectivity index (χ0n) is 9.58. The second-order valence-electron chi connectivity index (χ2n) is 4.35. The van der Waals surface area contributed by atoms with E-state index in [1.807, 2.05) is 7.05 Å². The minimum Gasteiger partial charge on any atom is -0.376 e. The molecule has 0 bridgehead atoms. The summed E-state index contributed by atoms with van der Waals surface area (Å²) in [7, 11) is 2.00. The van der Waals surface area contributed by atoms with Crippen molar-refractivity contribution in [1.82, 2.24) is 5.32 Å². The molecule has 0 aromatic rings. The number of hydrogen-bond donors (Lipinski definition) is 1. The summed E-state index contributed by atoms with van der Waals surface area (Å²) in [6.45, 7) is 6.74. The Morgan fingerprint density at radius 3 is 2.57 bits per heavy atom. The van der Waals surface area contributed by atoms with E-state index < -0.39 is 0 Å². The fraction of sp³-hybridized carbons (Fsp3) is 1.00. The molecular weight excluding hydrogens is 178 g/mol. The molecule has 0 radical (unpaired) electrons. The van der Waals surface area contributed by atoms with Gasteiger partial charge in [0.1, 0.15) is 0 Å². The van der Waals surface area contributed by atoms with Crippen LogP contribution in [0.5, 0.6) is 0 Å². The summed E-state index contributed by atoms with van der Waals surface area (Å²) < 4.78 is 11.1. The van der Waals surface area contributed by atoms with E-state index >= 15 is 0 Å². The van der Waals surface area contributed by atoms with Crippen LogP contribution >= 0.6 is 0 Å². The van der Waals surface area contributed by atoms with Crippen LogP contribution in [-0.4, -0.2) is 39.0 Å². The topological polar surface area (TPSA) is 30.5 Å². The number of ether oxygens (including phenoxy) is 2. The monoisotopic (exact) mass is 201 g/mol. The molecule has 0 spiro atoms. The third-order valence-corrected chi connectivity index (χ3v) is 2.72. The van der Waals surface area contributed by atoms with E-state index in [9.17, 15) is 0 Å². The van der Waals surface area contributed by atoms with Crippen molar-refractivity contribution >= 4 is 0 Å². The summed E-state index contributed by atoms with van der Waals surface area (Å²) >= 11 is 0. The third-order valence-electron chi connectivity index (χ3n) is 2.72. The lowest BCUT2D eigenvalue weighted by molar-refractivity contribution is -0.102. The minimum absolute atomic E-state index is 0.243. The van der Waals surface area contributed by atoms with Gasteiger partial charge < -0.3 is 14.8 Å². The molecule has 1 rings (SSSR count). The molecule has 0 amide bonds. The molecule has 0 aliphatic carbocycles. The van der Waals surface area contributed by atoms with Crippen LogP contribution in [0.1, 0.15) is 26.7 Å². The standard InChI is InChI=1S/C11H23NO2/c1-9(2)4-5-10(12-3)11-8-13-6-7-14-11/h9-12H,4-8H2,1-3H3. The predicted octanol–water partition coefficient (Wildman–Crippen LogP) is 1.43. The second-order valence-corrected chi connectivity index (χ2v) is 4.35. The van der Waals surface area contributed by atoms with Gasteiger partial charge in [0, 0.05) is 6.04 Å². The number of hydrogen-bond acceptors (Lipinski definition) is 3. The highest BCUT2D eigenvalue weighted by atomic mass is 16.6. The van der Waals surface area contributed by atoms with Crippen molar-refractivity contribution in [2.45, 2.75) is 38.8 Å². The molecule has 1 aliphatic rings. The molecule has 1 N–H and O–H groups in total. The van der Waals surface area contributed by atoms with Gasteiger partial charge in [-0.1, -0.05) is 13.8 Å². The van der Waals surface area contributed by atoms with E-state index in [1.54, 1.807) is 0 Å². The fourth-order valence-corrected chi connectivity index (χ4v) is 1.77. The van der Waals surface area contributed by atoms with E-state index in [4.69, 9.17) is 9.47 Å². The van der Waals surface area contributed by atoms with E-state index in [0.29, 0.717) is 6.04 Å². The van der Waals surface area contributed by atoms with E-state index in [0.717, 1.165) is 25.7 Å². The Balaban J connectivity index is 2.28. The molecule has 0 aromatic carbocycles. The SMILES string of the molecule is CNC(CCC(C)C)C1COCCO1. The van der Waals surface area contributed by atoms with Gasteiger partial charge in [0.2, 0.25) is 0 Å². The zero-order valence-corrected chi connectivity index (χ0v) is 9.58. The van der Waals surface area contributed by atoms with Crippen molar-refractivity contribution in [3.63, 3.8) is 0 Å². The summed E-state index contributed by atoms with van der Waals surface area (Å²) in [6.07, 6.45) is 2.65. The van der Waals surface area contributed by atoms with Gasteiger partial charge >= 0.3 is 0 Å². The van der Waals surface area contributed by atoms with Gasteiger partial charge in [-0.3, -0.25) is 0 Å². The molecule has 1 saturated heterocycles. The average molecular weight is 201 g/mol. The lowest BCUT2D eigenvalue weighted by Gasteiger charge is -2.30. The van der Waals surface area contributed by atoms with Crippen molar-refractivity contribution in [2.24, 2.45) is 5.92 Å². The van der Waals surface area contributed by atoms with Crippen LogP contribution in [0, 0.1) is 5.92 Å². The lowest BCUT2D eigenvalue weighted by Crippen LogP contribution is -2.45. The Hall–Kier alpha value is -0.120. The maximum atomic E-state index is 5.68. The maximum Gasteiger partial charge on any atom is 0.0961 e. The smallest absolute Gasteiger partial charge is 0.0961 e. The van der Waals surface area contributed by atoms with Gasteiger partial charge in [0.25, 0.3) is 0 Å². The molecule has 2 atom stereocenters. The molecule has 14 heavy (non-hydrogen) atoms. The molecule has 1 fully saturated rings. The summed E-state index contributed by atoms with van der Waals surface area (Å²) in [4.78, 5) is 0. The van der Waals surface area contributed by atoms with Gasteiger partial charge in [0.15, 0.2) is 0 Å². The van der Waals surface area contributed by atoms with Crippen LogP contribution in [0.25, 0.3) is 0 Å². The number of likely N-dealkylation sites (N-methyl/N-ethyl adjacent to an activating group) is 1. The lowest BCUT2D eigenvalue weighted by atomic mass is 9.99. The molecule has 2 unspecified atom stereocenters. The van der Waals surface area contributed by atoms with Crippen molar-refractivity contribution in [1.29, 1.82) is 0 Å². The Labute approximate surface area is 87.2 Å². The van der Waals surface area contributed by atoms with Crippen LogP contribution < -0.4 is 5.32 Å². The molecule has 84 valence electrons. The highest BCUT2D eigenvalue weighted by molar-refractivity contribution is 4.77. The zero-order chi connectivity index (χ0) is 10.4. The van der Waals surface area contributed by atoms with Crippen molar-refractivity contribution < 1.29 is 9.47 Å². The number of rotatable bonds is 5. The third kappa shape index (κ3) is 3.95. The largest absolute Gasteiger partial charge is 0.376 e. The van der Waals surface area contributed by atoms with Crippen molar-refractivity contribution in [3.8, 4) is 0 Å². The van der Waals surface area contributed by atoms with Crippen molar-refractivity contribution in [3.05, 3.63) is 0 Å². The molecule has 1 heterocycles. The summed E-state index contributed by atoms with van der Waals surface area (Å²) in [5.74, 6) is 0.760. The Bertz CT molecular complexity index is 144. The molecule has 3 nitrogen and oxygen atoms in total. The van der Waals surface area contributed by atoms with Crippen molar-refractivity contribution in [2.75, 3.05) is 26.9 Å². The van der Waals surface area contributed by atoms with Crippen LogP contribution in [0.15, 0.2) is 0 Å². The van der Waals surface area contributed by atoms with E-state index in [-0.39, 0.29) is 6.10 Å². The molecular formula is C11H23NO2. The summed E-state index contributed by atoms with van der Waals surface area (Å²) in [6, 6.07) is 0.442. The first-order valence-electron chi connectivity index (χ1n) is 5.60. The predicted molar refractivity (Wildman–Crippen MR) is 57.5 cm³/mol. The highest BCUT2D eigenvalue weighted by Gasteiger charge is 2.23. The van der Waals surface area contributed by atoms with Crippen LogP contribution in [0.3, 0.4) is 0 Å². The summed E-state index contributed by atoms with van der Waals surface area (Å²) in [5.41, 5.74) is 0. The second kappa shape index (κ2) is 6.38. The number of nitrogens with one attached hydrogen (secondary N) is 1. The fourth-order valence-electron chi connectivity index (χ4n) is 1.77. The normalized spacial score (nSPS) is 25.3. The quantitative estimate of drug-likeness (QED) is 0.730. The first-order valence-corrected chi connectivity index (χ1v) is 5.60. The first-order chi connectivity index (χ1) is 6.74. The minimum atomic E-state index is 0.243. The van der Waals surface area contributed by atoms with Gasteiger partial charge in [-0.05, 0) is 25.8 Å². The van der Waals surface area contributed by atoms with Gasteiger partial charge in [-0.15, -0.1) is 0 Å². The highest BCUT2D eigenvalue weighted by Crippen LogP contribution is 2.13. The van der Waals surface area contributed by atoms with Crippen LogP contribution in [-0.2, 0) is 9.47 Å². The van der Waals surface area contributed by atoms with Gasteiger partial charge in [0.05, 0.1) is 25.9 Å². The summed E-state index contributed by atoms with van der Waals surface area (Å²) in [5, 5.41) is 3.32. The van der Waals surface area contributed by atoms with E-state index in [1.165, 1.54) is 12.8 Å². The van der Waals surface area contributed by atoms with E-state index in [2.05, 4.69) is 19.2 Å². The van der Waals surface area contributed by atoms with Crippen LogP contribution in [0.2, 0.25) is 0 Å². The van der Waals surface area contributed by atoms with Crippen LogP contribution in [0.4, 0.5) is 0 Å². The Morgan fingerprint density at radius 2 is 2.07 bits per heavy atom. The molecule has 0 saturated carbocycles. The Morgan fingerprint density at radius 1 is 1.29 bits per heavy atom. The molecule has 0 aromatic heterocycles.